The van der Waals surface area contributed by atoms with E-state index < -0.39 is 23.8 Å². The van der Waals surface area contributed by atoms with Crippen molar-refractivity contribution < 1.29 is 34.1 Å². The van der Waals surface area contributed by atoms with Crippen LogP contribution in [0.25, 0.3) is 0 Å². The van der Waals surface area contributed by atoms with Crippen molar-refractivity contribution in [2.24, 2.45) is 0 Å². The van der Waals surface area contributed by atoms with Crippen molar-refractivity contribution in [2.45, 2.75) is 19.3 Å². The standard InChI is InChI=1S/C27H26P2.C16H18P.2C3H3N2.2Cu/c1-5-14-24(15-6-1)28(25-16-7-2-8-17-25)22-13-23-29(26-18-9-3-10-19-26)27-20-11-4-12-21-27;1-2-3-14-17(15-10-6-4-7-11-15)16-12-8-5-9-13-16;2*1-2-4-5-3-1;;/h1-12,14-21H,13,22-23H2;4-13H,1-3,14H2;2*1-3H;;/q;3*-1;+1;+2/p+3. The molecule has 8 aromatic rings. The molecule has 58 heavy (non-hydrogen) atoms. The van der Waals surface area contributed by atoms with E-state index in [2.05, 4.69) is 209 Å². The number of aromatic nitrogens is 4. The van der Waals surface area contributed by atoms with Crippen LogP contribution in [0.5, 0.6) is 0 Å². The second-order valence-electron chi connectivity index (χ2n) is 12.9. The van der Waals surface area contributed by atoms with Crippen molar-refractivity contribution in [3.63, 3.8) is 0 Å². The quantitative estimate of drug-likeness (QED) is 0.0661. The second kappa shape index (κ2) is 30.2. The molecule has 0 atom stereocenters. The van der Waals surface area contributed by atoms with Gasteiger partial charge < -0.3 is 27.3 Å². The molecule has 0 bridgehead atoms. The maximum absolute atomic E-state index is 3.96. The first-order valence-electron chi connectivity index (χ1n) is 19.3. The molecule has 0 aliphatic heterocycles. The molecule has 0 saturated carbocycles. The van der Waals surface area contributed by atoms with Crippen LogP contribution in [0, 0.1) is 6.92 Å². The maximum Gasteiger partial charge on any atom is 2.00 e. The Kier molecular flexibility index (Phi) is 25.2. The predicted molar refractivity (Wildman–Crippen MR) is 250 cm³/mol. The van der Waals surface area contributed by atoms with Gasteiger partial charge in [0.15, 0.2) is 0 Å². The molecule has 2 heterocycles. The topological polar surface area (TPSA) is 54.0 Å². The van der Waals surface area contributed by atoms with Gasteiger partial charge in [0.05, 0.1) is 74.1 Å². The first kappa shape index (κ1) is 48.4. The summed E-state index contributed by atoms with van der Waals surface area (Å²) < 4.78 is 0. The number of nitrogens with zero attached hydrogens (tertiary/aromatic N) is 4. The predicted octanol–water partition coefficient (Wildman–Crippen LogP) is 8.65. The minimum Gasteiger partial charge on any atom is -0.582 e. The third kappa shape index (κ3) is 17.5. The van der Waals surface area contributed by atoms with Crippen LogP contribution >= 0.6 is 23.8 Å². The third-order valence-corrected chi connectivity index (χ3v) is 17.8. The number of hydrogen-bond acceptors (Lipinski definition) is 2. The monoisotopic (exact) mass is 916 g/mol. The van der Waals surface area contributed by atoms with Crippen LogP contribution in [-0.2, 0) is 34.1 Å². The van der Waals surface area contributed by atoms with E-state index in [1.165, 1.54) is 63.2 Å². The number of benzene rings is 6. The summed E-state index contributed by atoms with van der Waals surface area (Å²) in [6.07, 6.45) is 13.9. The summed E-state index contributed by atoms with van der Waals surface area (Å²) in [5.41, 5.74) is 0. The van der Waals surface area contributed by atoms with Crippen molar-refractivity contribution >= 4 is 55.6 Å². The van der Waals surface area contributed by atoms with Crippen LogP contribution in [0.15, 0.2) is 219 Å². The van der Waals surface area contributed by atoms with Gasteiger partial charge in [0.2, 0.25) is 0 Å². The number of rotatable bonds is 13. The molecule has 0 saturated heterocycles. The maximum atomic E-state index is 3.96. The molecule has 0 N–H and O–H groups in total. The summed E-state index contributed by atoms with van der Waals surface area (Å²) >= 11 is 0. The fourth-order valence-electron chi connectivity index (χ4n) is 6.33. The minimum atomic E-state index is -0.742. The molecule has 1 radical (unpaired) electrons. The fourth-order valence-corrected chi connectivity index (χ4v) is 14.6. The molecule has 0 aliphatic rings. The van der Waals surface area contributed by atoms with Gasteiger partial charge in [0.25, 0.3) is 0 Å². The summed E-state index contributed by atoms with van der Waals surface area (Å²) in [5.74, 6) is 0. The third-order valence-electron chi connectivity index (χ3n) is 9.01. The first-order chi connectivity index (χ1) is 27.8. The van der Waals surface area contributed by atoms with Gasteiger partial charge in [0.1, 0.15) is 0 Å². The molecule has 6 aromatic carbocycles. The van der Waals surface area contributed by atoms with E-state index in [0.29, 0.717) is 0 Å². The van der Waals surface area contributed by atoms with Gasteiger partial charge in [-0.3, -0.25) is 0 Å². The number of hydrogen-bond donors (Lipinski definition) is 0. The molecule has 303 valence electrons. The number of unbranched alkanes of at least 4 members (excludes halogenated alkanes) is 1. The first-order valence-corrected chi connectivity index (χ1v) is 24.4. The van der Waals surface area contributed by atoms with Gasteiger partial charge >= 0.3 is 34.1 Å². The second-order valence-corrected chi connectivity index (χ2v) is 20.7. The van der Waals surface area contributed by atoms with Crippen molar-refractivity contribution in [3.05, 3.63) is 226 Å². The van der Waals surface area contributed by atoms with Crippen molar-refractivity contribution in [2.75, 3.05) is 18.5 Å². The van der Waals surface area contributed by atoms with Gasteiger partial charge in [-0.25, -0.2) is 0 Å². The van der Waals surface area contributed by atoms with Crippen LogP contribution in [0.4, 0.5) is 0 Å². The van der Waals surface area contributed by atoms with Crippen molar-refractivity contribution in [1.82, 2.24) is 20.4 Å². The van der Waals surface area contributed by atoms with E-state index in [4.69, 9.17) is 0 Å². The van der Waals surface area contributed by atoms with Crippen LogP contribution in [0.3, 0.4) is 0 Å². The van der Waals surface area contributed by atoms with E-state index in [1.807, 2.05) is 0 Å². The summed E-state index contributed by atoms with van der Waals surface area (Å²) in [6.45, 7) is 3.96. The Morgan fingerprint density at radius 2 is 0.603 bits per heavy atom. The Balaban J connectivity index is 0.000000260. The summed E-state index contributed by atoms with van der Waals surface area (Å²) in [7, 11) is -2.09. The smallest absolute Gasteiger partial charge is 0.582 e. The molecule has 0 spiro atoms. The molecule has 0 amide bonds. The molecule has 4 nitrogen and oxygen atoms in total. The van der Waals surface area contributed by atoms with E-state index >= 15 is 0 Å². The van der Waals surface area contributed by atoms with Crippen LogP contribution in [0.1, 0.15) is 19.3 Å². The molecule has 8 rings (SSSR count). The average molecular weight is 918 g/mol. The van der Waals surface area contributed by atoms with Crippen LogP contribution in [-0.4, -0.2) is 28.7 Å². The van der Waals surface area contributed by atoms with E-state index in [-0.39, 0.29) is 34.1 Å². The minimum absolute atomic E-state index is 0. The Bertz CT molecular complexity index is 1800. The molecule has 0 fully saturated rings. The molecule has 9 heteroatoms. The SMILES string of the molecule is [CH2-]CCC[PH+](c1ccccc1)c1ccccc1.[Cu+2].[Cu+].c1ccc([PH+](CCC[PH+](c2ccccc2)c2ccccc2)c2ccccc2)cc1.c1cn[n-]c1.c1cn[n-]c1. The Hall–Kier alpha value is -3.93. The fraction of sp³-hybridized carbons (Fsp3) is 0.122. The van der Waals surface area contributed by atoms with Crippen molar-refractivity contribution in [3.8, 4) is 0 Å². The van der Waals surface area contributed by atoms with E-state index in [1.54, 1.807) is 36.9 Å². The van der Waals surface area contributed by atoms with Gasteiger partial charge in [0, 0.05) is 18.8 Å². The Morgan fingerprint density at radius 3 is 0.776 bits per heavy atom. The zero-order chi connectivity index (χ0) is 38.7. The largest absolute Gasteiger partial charge is 2.00 e. The average Bonchev–Trinajstić information content (AvgIpc) is 4.08. The Labute approximate surface area is 371 Å². The van der Waals surface area contributed by atoms with E-state index in [9.17, 15) is 0 Å². The van der Waals surface area contributed by atoms with Crippen molar-refractivity contribution in [1.29, 1.82) is 0 Å². The molecular formula is C49H53Cu2N4P3+3. The summed E-state index contributed by atoms with van der Waals surface area (Å²) in [5, 5.41) is 23.0. The molecular weight excluding hydrogens is 865 g/mol. The summed E-state index contributed by atoms with van der Waals surface area (Å²) in [6, 6.07) is 70.0. The Morgan fingerprint density at radius 1 is 0.362 bits per heavy atom. The van der Waals surface area contributed by atoms with Gasteiger partial charge in [-0.1, -0.05) is 121 Å². The van der Waals surface area contributed by atoms with Gasteiger partial charge in [-0.2, -0.15) is 18.8 Å². The van der Waals surface area contributed by atoms with Crippen LogP contribution < -0.4 is 42.0 Å². The molecule has 0 aliphatic carbocycles. The molecule has 0 unspecified atom stereocenters. The van der Waals surface area contributed by atoms with Gasteiger partial charge in [-0.05, 0) is 79.2 Å². The van der Waals surface area contributed by atoms with E-state index in [0.717, 1.165) is 6.42 Å². The zero-order valence-corrected chi connectivity index (χ0v) is 37.5. The zero-order valence-electron chi connectivity index (χ0n) is 32.6. The van der Waals surface area contributed by atoms with Crippen LogP contribution in [0.2, 0.25) is 0 Å². The van der Waals surface area contributed by atoms with Gasteiger partial charge in [-0.15, -0.1) is 0 Å². The molecule has 2 aromatic heterocycles. The normalized spacial score (nSPS) is 10.1. The summed E-state index contributed by atoms with van der Waals surface area (Å²) in [4.78, 5) is 0.